The van der Waals surface area contributed by atoms with Crippen LogP contribution in [-0.4, -0.2) is 5.97 Å². The molecule has 2 aromatic carbocycles. The number of fused-ring (bicyclic) bond motifs is 1. The average Bonchev–Trinajstić information content (AvgIpc) is 2.84. The van der Waals surface area contributed by atoms with Crippen molar-refractivity contribution in [2.45, 2.75) is 64.2 Å². The van der Waals surface area contributed by atoms with E-state index in [9.17, 15) is 9.18 Å². The van der Waals surface area contributed by atoms with Crippen LogP contribution >= 0.6 is 0 Å². The summed E-state index contributed by atoms with van der Waals surface area (Å²) in [6, 6.07) is 9.80. The summed E-state index contributed by atoms with van der Waals surface area (Å²) in [5, 5.41) is 8.81. The summed E-state index contributed by atoms with van der Waals surface area (Å²) in [6.07, 6.45) is 13.8. The molecule has 0 spiro atoms. The topological polar surface area (TPSA) is 50.1 Å². The number of carbonyl (C=O) groups is 1. The van der Waals surface area contributed by atoms with Gasteiger partial charge in [0.1, 0.15) is 23.5 Å². The number of allylic oxidation sites excluding steroid dienone is 2. The fourth-order valence-electron chi connectivity index (χ4n) is 5.83. The lowest BCUT2D eigenvalue weighted by atomic mass is 9.63. The van der Waals surface area contributed by atoms with Crippen molar-refractivity contribution in [3.8, 4) is 11.8 Å². The summed E-state index contributed by atoms with van der Waals surface area (Å²) < 4.78 is 34.0. The molecule has 0 bridgehead atoms. The molecule has 2 fully saturated rings. The first-order valence-corrected chi connectivity index (χ1v) is 12.3. The van der Waals surface area contributed by atoms with Crippen LogP contribution in [0.1, 0.15) is 85.7 Å². The van der Waals surface area contributed by atoms with Gasteiger partial charge in [-0.15, -0.1) is 0 Å². The molecular formula is C29H31F2NO2. The number of esters is 1. The normalized spacial score (nSPS) is 24.4. The van der Waals surface area contributed by atoms with E-state index in [4.69, 9.17) is 10.00 Å². The van der Waals surface area contributed by atoms with E-state index in [0.717, 1.165) is 37.2 Å². The molecule has 0 heterocycles. The molecular weight excluding hydrogens is 432 g/mol. The molecule has 4 unspecified atom stereocenters. The Morgan fingerprint density at radius 3 is 2.59 bits per heavy atom. The van der Waals surface area contributed by atoms with E-state index in [-0.39, 0.29) is 28.6 Å². The SMILES string of the molecule is C/C=C/CCC1CCC2CC(c3ccc(C(=O)Oc4ccc(C#N)c(F)c4)cc3F)CCC2C1. The zero-order valence-corrected chi connectivity index (χ0v) is 19.6. The highest BCUT2D eigenvalue weighted by Crippen LogP contribution is 2.48. The van der Waals surface area contributed by atoms with E-state index in [1.54, 1.807) is 18.2 Å². The minimum Gasteiger partial charge on any atom is -0.423 e. The lowest BCUT2D eigenvalue weighted by Gasteiger charge is -2.42. The Bertz CT molecular complexity index is 1100. The van der Waals surface area contributed by atoms with Crippen LogP contribution in [0.15, 0.2) is 48.6 Å². The van der Waals surface area contributed by atoms with Crippen LogP contribution in [0.2, 0.25) is 0 Å². The second kappa shape index (κ2) is 11.0. The molecule has 2 saturated carbocycles. The van der Waals surface area contributed by atoms with Crippen molar-refractivity contribution in [2.24, 2.45) is 17.8 Å². The fourth-order valence-corrected chi connectivity index (χ4v) is 5.83. The molecule has 0 aromatic heterocycles. The van der Waals surface area contributed by atoms with Gasteiger partial charge in [-0.3, -0.25) is 0 Å². The Morgan fingerprint density at radius 1 is 1.06 bits per heavy atom. The highest BCUT2D eigenvalue weighted by molar-refractivity contribution is 5.91. The molecule has 34 heavy (non-hydrogen) atoms. The summed E-state index contributed by atoms with van der Waals surface area (Å²) >= 11 is 0. The van der Waals surface area contributed by atoms with Crippen LogP contribution in [0, 0.1) is 40.7 Å². The van der Waals surface area contributed by atoms with Gasteiger partial charge in [0.2, 0.25) is 0 Å². The van der Waals surface area contributed by atoms with Crippen LogP contribution in [0.25, 0.3) is 0 Å². The summed E-state index contributed by atoms with van der Waals surface area (Å²) in [5.41, 5.74) is 0.628. The Kier molecular flexibility index (Phi) is 7.77. The highest BCUT2D eigenvalue weighted by atomic mass is 19.1. The maximum atomic E-state index is 15.0. The van der Waals surface area contributed by atoms with E-state index in [1.165, 1.54) is 50.3 Å². The third-order valence-electron chi connectivity index (χ3n) is 7.65. The van der Waals surface area contributed by atoms with Gasteiger partial charge in [-0.25, -0.2) is 13.6 Å². The highest BCUT2D eigenvalue weighted by Gasteiger charge is 2.36. The summed E-state index contributed by atoms with van der Waals surface area (Å²) in [7, 11) is 0. The van der Waals surface area contributed by atoms with E-state index in [2.05, 4.69) is 19.1 Å². The second-order valence-corrected chi connectivity index (χ2v) is 9.73. The van der Waals surface area contributed by atoms with Gasteiger partial charge in [-0.05, 0) is 105 Å². The van der Waals surface area contributed by atoms with Crippen LogP contribution in [0.4, 0.5) is 8.78 Å². The summed E-state index contributed by atoms with van der Waals surface area (Å²) in [4.78, 5) is 12.5. The lowest BCUT2D eigenvalue weighted by molar-refractivity contribution is 0.0733. The van der Waals surface area contributed by atoms with Gasteiger partial charge in [0.25, 0.3) is 0 Å². The van der Waals surface area contributed by atoms with E-state index < -0.39 is 11.8 Å². The molecule has 2 aromatic rings. The van der Waals surface area contributed by atoms with Crippen molar-refractivity contribution in [1.29, 1.82) is 5.26 Å². The second-order valence-electron chi connectivity index (χ2n) is 9.73. The van der Waals surface area contributed by atoms with Crippen molar-refractivity contribution < 1.29 is 18.3 Å². The van der Waals surface area contributed by atoms with Crippen LogP contribution in [0.3, 0.4) is 0 Å². The predicted octanol–water partition coefficient (Wildman–Crippen LogP) is 7.71. The van der Waals surface area contributed by atoms with Crippen molar-refractivity contribution >= 4 is 5.97 Å². The smallest absolute Gasteiger partial charge is 0.343 e. The first kappa shape index (κ1) is 24.1. The summed E-state index contributed by atoms with van der Waals surface area (Å²) in [5.74, 6) is 0.484. The number of carbonyl (C=O) groups excluding carboxylic acids is 1. The van der Waals surface area contributed by atoms with Gasteiger partial charge in [-0.1, -0.05) is 24.6 Å². The number of halogens is 2. The molecule has 5 heteroatoms. The fraction of sp³-hybridized carbons (Fsp3) is 0.448. The molecule has 3 nitrogen and oxygen atoms in total. The van der Waals surface area contributed by atoms with Gasteiger partial charge < -0.3 is 4.74 Å². The molecule has 0 aliphatic heterocycles. The number of ether oxygens (including phenoxy) is 1. The molecule has 2 aliphatic carbocycles. The first-order valence-electron chi connectivity index (χ1n) is 12.3. The Labute approximate surface area is 200 Å². The zero-order chi connectivity index (χ0) is 24.1. The quantitative estimate of drug-likeness (QED) is 0.250. The Balaban J connectivity index is 1.37. The molecule has 2 aliphatic rings. The number of hydrogen-bond acceptors (Lipinski definition) is 3. The van der Waals surface area contributed by atoms with E-state index in [0.29, 0.717) is 11.5 Å². The van der Waals surface area contributed by atoms with Crippen molar-refractivity contribution in [3.63, 3.8) is 0 Å². The summed E-state index contributed by atoms with van der Waals surface area (Å²) in [6.45, 7) is 2.07. The zero-order valence-electron chi connectivity index (χ0n) is 19.6. The van der Waals surface area contributed by atoms with Crippen molar-refractivity contribution in [3.05, 3.63) is 76.9 Å². The first-order chi connectivity index (χ1) is 16.5. The van der Waals surface area contributed by atoms with Crippen molar-refractivity contribution in [1.82, 2.24) is 0 Å². The molecule has 0 N–H and O–H groups in total. The largest absolute Gasteiger partial charge is 0.423 e. The number of hydrogen-bond donors (Lipinski definition) is 0. The maximum Gasteiger partial charge on any atom is 0.343 e. The maximum absolute atomic E-state index is 15.0. The van der Waals surface area contributed by atoms with Crippen LogP contribution < -0.4 is 4.74 Å². The number of rotatable bonds is 6. The minimum absolute atomic E-state index is 0.0226. The predicted molar refractivity (Wildman–Crippen MR) is 127 cm³/mol. The van der Waals surface area contributed by atoms with Crippen LogP contribution in [-0.2, 0) is 0 Å². The molecule has 178 valence electrons. The third-order valence-corrected chi connectivity index (χ3v) is 7.65. The monoisotopic (exact) mass is 463 g/mol. The Morgan fingerprint density at radius 2 is 1.85 bits per heavy atom. The molecule has 0 radical (unpaired) electrons. The minimum atomic E-state index is -0.767. The average molecular weight is 464 g/mol. The van der Waals surface area contributed by atoms with Gasteiger partial charge in [0.15, 0.2) is 0 Å². The standard InChI is InChI=1S/C29H31F2NO2/c1-2-3-4-5-19-6-7-21-15-22(9-8-20(21)14-19)26-13-11-23(16-28(26)31)29(33)34-25-12-10-24(18-32)27(30)17-25/h2-3,10-13,16-17,19-22H,4-9,14-15H2,1H3/b3-2+. The van der Waals surface area contributed by atoms with Gasteiger partial charge in [0, 0.05) is 6.07 Å². The molecule has 0 saturated heterocycles. The third kappa shape index (κ3) is 5.55. The number of nitriles is 1. The number of nitrogens with zero attached hydrogens (tertiary/aromatic N) is 1. The van der Waals surface area contributed by atoms with E-state index >= 15 is 4.39 Å². The molecule has 0 amide bonds. The van der Waals surface area contributed by atoms with Gasteiger partial charge in [0.05, 0.1) is 11.1 Å². The molecule has 4 rings (SSSR count). The number of benzene rings is 2. The van der Waals surface area contributed by atoms with Crippen molar-refractivity contribution in [2.75, 3.05) is 0 Å². The molecule has 4 atom stereocenters. The van der Waals surface area contributed by atoms with Gasteiger partial charge in [-0.2, -0.15) is 5.26 Å². The van der Waals surface area contributed by atoms with Gasteiger partial charge >= 0.3 is 5.97 Å². The van der Waals surface area contributed by atoms with Crippen LogP contribution in [0.5, 0.6) is 5.75 Å². The lowest BCUT2D eigenvalue weighted by Crippen LogP contribution is -2.30. The van der Waals surface area contributed by atoms with E-state index in [1.807, 2.05) is 0 Å². The Hall–Kier alpha value is -3.00.